The third-order valence-corrected chi connectivity index (χ3v) is 10.5. The van der Waals surface area contributed by atoms with Crippen molar-refractivity contribution in [1.82, 2.24) is 15.0 Å². The highest BCUT2D eigenvalue weighted by Crippen LogP contribution is 2.43. The van der Waals surface area contributed by atoms with Crippen LogP contribution in [0.1, 0.15) is 0 Å². The molecule has 0 aliphatic heterocycles. The van der Waals surface area contributed by atoms with E-state index in [1.165, 1.54) is 0 Å². The number of aromatic nitrogens is 3. The number of hydrogen-bond acceptors (Lipinski definition) is 5. The minimum atomic E-state index is 0.575. The average Bonchev–Trinajstić information content (AvgIpc) is 3.85. The lowest BCUT2D eigenvalue weighted by Gasteiger charge is -2.09. The van der Waals surface area contributed by atoms with Crippen molar-refractivity contribution in [1.29, 1.82) is 0 Å². The van der Waals surface area contributed by atoms with Crippen molar-refractivity contribution in [3.05, 3.63) is 188 Å². The van der Waals surface area contributed by atoms with Gasteiger partial charge in [0.1, 0.15) is 22.3 Å². The summed E-state index contributed by atoms with van der Waals surface area (Å²) in [4.78, 5) is 15.0. The van der Waals surface area contributed by atoms with E-state index in [2.05, 4.69) is 127 Å². The third kappa shape index (κ3) is 5.45. The van der Waals surface area contributed by atoms with Crippen molar-refractivity contribution < 1.29 is 8.83 Å². The first kappa shape index (κ1) is 31.9. The van der Waals surface area contributed by atoms with E-state index in [0.717, 1.165) is 93.9 Å². The van der Waals surface area contributed by atoms with Crippen molar-refractivity contribution in [2.45, 2.75) is 0 Å². The molecule has 0 aliphatic carbocycles. The predicted octanol–water partition coefficient (Wildman–Crippen LogP) is 13.7. The number of rotatable bonds is 6. The number of hydrogen-bond donors (Lipinski definition) is 0. The summed E-state index contributed by atoms with van der Waals surface area (Å²) in [5.74, 6) is 1.79. The minimum Gasteiger partial charge on any atom is -0.456 e. The van der Waals surface area contributed by atoms with Gasteiger partial charge in [0, 0.05) is 43.8 Å². The van der Waals surface area contributed by atoms with Crippen LogP contribution in [0.25, 0.3) is 111 Å². The summed E-state index contributed by atoms with van der Waals surface area (Å²) < 4.78 is 13.3. The second-order valence-corrected chi connectivity index (χ2v) is 14.0. The number of fused-ring (bicyclic) bond motifs is 6. The van der Waals surface area contributed by atoms with E-state index in [9.17, 15) is 0 Å². The normalized spacial score (nSPS) is 11.6. The molecule has 0 bridgehead atoms. The molecule has 0 atom stereocenters. The van der Waals surface area contributed by atoms with E-state index in [1.54, 1.807) is 0 Å². The monoisotopic (exact) mass is 717 g/mol. The maximum Gasteiger partial charge on any atom is 0.164 e. The summed E-state index contributed by atoms with van der Waals surface area (Å²) in [6.45, 7) is 0. The van der Waals surface area contributed by atoms with E-state index < -0.39 is 0 Å². The van der Waals surface area contributed by atoms with E-state index in [1.807, 2.05) is 60.7 Å². The van der Waals surface area contributed by atoms with Gasteiger partial charge in [0.25, 0.3) is 0 Å². The zero-order valence-electron chi connectivity index (χ0n) is 30.1. The Morgan fingerprint density at radius 2 is 0.821 bits per heavy atom. The molecule has 0 amide bonds. The van der Waals surface area contributed by atoms with Gasteiger partial charge in [-0.25, -0.2) is 15.0 Å². The van der Waals surface area contributed by atoms with Crippen molar-refractivity contribution in [3.8, 4) is 67.5 Å². The Bertz CT molecular complexity index is 3220. The van der Waals surface area contributed by atoms with E-state index in [0.29, 0.717) is 17.5 Å². The van der Waals surface area contributed by atoms with Gasteiger partial charge < -0.3 is 8.83 Å². The second kappa shape index (κ2) is 13.0. The number of para-hydroxylation sites is 2. The van der Waals surface area contributed by atoms with E-state index in [4.69, 9.17) is 23.8 Å². The second-order valence-electron chi connectivity index (χ2n) is 14.0. The number of furan rings is 2. The molecule has 5 heteroatoms. The number of nitrogens with zero attached hydrogens (tertiary/aromatic N) is 3. The first-order chi connectivity index (χ1) is 27.7. The Hall–Kier alpha value is -7.63. The molecular formula is C51H31N3O2. The first-order valence-corrected chi connectivity index (χ1v) is 18.7. The van der Waals surface area contributed by atoms with Crippen LogP contribution in [0.3, 0.4) is 0 Å². The summed E-state index contributed by atoms with van der Waals surface area (Å²) in [7, 11) is 0. The van der Waals surface area contributed by atoms with Crippen molar-refractivity contribution in [2.24, 2.45) is 0 Å². The van der Waals surface area contributed by atoms with Crippen LogP contribution in [0.5, 0.6) is 0 Å². The molecule has 3 heterocycles. The maximum absolute atomic E-state index is 6.80. The molecule has 0 spiro atoms. The molecule has 56 heavy (non-hydrogen) atoms. The van der Waals surface area contributed by atoms with Crippen LogP contribution in [0.15, 0.2) is 197 Å². The van der Waals surface area contributed by atoms with Gasteiger partial charge in [0.05, 0.1) is 0 Å². The van der Waals surface area contributed by atoms with Crippen LogP contribution >= 0.6 is 0 Å². The standard InChI is InChI=1S/C51H31N3O2/c1-4-13-32(14-5-1)33-23-25-36(26-24-33)50-52-49(35-17-8-3-9-18-35)53-51(54-50)37-27-28-40-41-21-12-20-39(48(41)56-45(40)30-37)38-29-43(34-15-6-2-7-16-34)47-42-19-10-11-22-44(42)55-46(47)31-38/h1-31H. The van der Waals surface area contributed by atoms with Crippen LogP contribution in [-0.4, -0.2) is 15.0 Å². The lowest BCUT2D eigenvalue weighted by Crippen LogP contribution is -2.00. The van der Waals surface area contributed by atoms with Crippen LogP contribution in [0, 0.1) is 0 Å². The Labute approximate surface area is 322 Å². The molecular weight excluding hydrogens is 687 g/mol. The molecule has 0 saturated carbocycles. The highest BCUT2D eigenvalue weighted by Gasteiger charge is 2.19. The topological polar surface area (TPSA) is 65.0 Å². The van der Waals surface area contributed by atoms with Crippen LogP contribution in [-0.2, 0) is 0 Å². The van der Waals surface area contributed by atoms with Gasteiger partial charge in [-0.05, 0) is 58.1 Å². The molecule has 3 aromatic heterocycles. The Balaban J connectivity index is 1.05. The summed E-state index contributed by atoms with van der Waals surface area (Å²) in [6.07, 6.45) is 0. The first-order valence-electron chi connectivity index (χ1n) is 18.7. The molecule has 8 aromatic carbocycles. The highest BCUT2D eigenvalue weighted by atomic mass is 16.3. The summed E-state index contributed by atoms with van der Waals surface area (Å²) in [6, 6.07) is 64.5. The van der Waals surface area contributed by atoms with Gasteiger partial charge in [-0.1, -0.05) is 158 Å². The summed E-state index contributed by atoms with van der Waals surface area (Å²) in [5, 5.41) is 4.27. The van der Waals surface area contributed by atoms with Crippen LogP contribution < -0.4 is 0 Å². The van der Waals surface area contributed by atoms with Crippen molar-refractivity contribution in [3.63, 3.8) is 0 Å². The third-order valence-electron chi connectivity index (χ3n) is 10.5. The smallest absolute Gasteiger partial charge is 0.164 e. The zero-order chi connectivity index (χ0) is 37.0. The molecule has 11 rings (SSSR count). The Kier molecular flexibility index (Phi) is 7.42. The molecule has 0 fully saturated rings. The predicted molar refractivity (Wildman–Crippen MR) is 227 cm³/mol. The van der Waals surface area contributed by atoms with Gasteiger partial charge in [-0.15, -0.1) is 0 Å². The molecule has 11 aromatic rings. The molecule has 262 valence electrons. The van der Waals surface area contributed by atoms with E-state index in [-0.39, 0.29) is 0 Å². The lowest BCUT2D eigenvalue weighted by molar-refractivity contribution is 0.668. The zero-order valence-corrected chi connectivity index (χ0v) is 30.1. The van der Waals surface area contributed by atoms with Crippen LogP contribution in [0.4, 0.5) is 0 Å². The Morgan fingerprint density at radius 1 is 0.286 bits per heavy atom. The SMILES string of the molecule is c1ccc(-c2ccc(-c3nc(-c4ccccc4)nc(-c4ccc5c(c4)oc4c(-c6cc(-c7ccccc7)c7c(c6)oc6ccccc67)cccc45)n3)cc2)cc1. The largest absolute Gasteiger partial charge is 0.456 e. The molecule has 0 saturated heterocycles. The average molecular weight is 718 g/mol. The van der Waals surface area contributed by atoms with Crippen molar-refractivity contribution in [2.75, 3.05) is 0 Å². The van der Waals surface area contributed by atoms with Crippen molar-refractivity contribution >= 4 is 43.9 Å². The fraction of sp³-hybridized carbons (Fsp3) is 0. The fourth-order valence-corrected chi connectivity index (χ4v) is 7.81. The van der Waals surface area contributed by atoms with Gasteiger partial charge in [-0.3, -0.25) is 0 Å². The van der Waals surface area contributed by atoms with Gasteiger partial charge in [0.15, 0.2) is 17.5 Å². The Morgan fingerprint density at radius 3 is 1.55 bits per heavy atom. The highest BCUT2D eigenvalue weighted by molar-refractivity contribution is 6.15. The fourth-order valence-electron chi connectivity index (χ4n) is 7.81. The molecule has 0 radical (unpaired) electrons. The molecule has 0 unspecified atom stereocenters. The van der Waals surface area contributed by atoms with E-state index >= 15 is 0 Å². The summed E-state index contributed by atoms with van der Waals surface area (Å²) >= 11 is 0. The van der Waals surface area contributed by atoms with Gasteiger partial charge in [-0.2, -0.15) is 0 Å². The van der Waals surface area contributed by atoms with Crippen LogP contribution in [0.2, 0.25) is 0 Å². The van der Waals surface area contributed by atoms with Gasteiger partial charge in [0.2, 0.25) is 0 Å². The summed E-state index contributed by atoms with van der Waals surface area (Å²) in [5.41, 5.74) is 12.5. The maximum atomic E-state index is 6.80. The quantitative estimate of drug-likeness (QED) is 0.171. The number of benzene rings is 8. The molecule has 5 nitrogen and oxygen atoms in total. The molecule has 0 N–H and O–H groups in total. The minimum absolute atomic E-state index is 0.575. The van der Waals surface area contributed by atoms with Gasteiger partial charge >= 0.3 is 0 Å². The lowest BCUT2D eigenvalue weighted by atomic mass is 9.94. The molecule has 0 aliphatic rings.